The molecule has 1 N–H and O–H groups in total. The number of imidazole rings is 1. The van der Waals surface area contributed by atoms with E-state index in [0.717, 1.165) is 27.0 Å². The first-order valence-corrected chi connectivity index (χ1v) is 13.1. The van der Waals surface area contributed by atoms with Crippen LogP contribution in [-0.2, 0) is 15.8 Å². The van der Waals surface area contributed by atoms with E-state index < -0.39 is 10.0 Å². The van der Waals surface area contributed by atoms with Crippen LogP contribution in [0.25, 0.3) is 26.2 Å². The molecule has 0 atom stereocenters. The van der Waals surface area contributed by atoms with Gasteiger partial charge in [0.1, 0.15) is 5.82 Å². The van der Waals surface area contributed by atoms with Crippen LogP contribution in [0.15, 0.2) is 52.5 Å². The summed E-state index contributed by atoms with van der Waals surface area (Å²) in [5, 5.41) is 9.41. The van der Waals surface area contributed by atoms with E-state index in [1.807, 2.05) is 26.0 Å². The highest BCUT2D eigenvalue weighted by atomic mass is 32.2. The van der Waals surface area contributed by atoms with Crippen LogP contribution in [0.4, 0.5) is 0 Å². The van der Waals surface area contributed by atoms with Crippen molar-refractivity contribution in [2.45, 2.75) is 29.7 Å². The normalized spacial score (nSPS) is 12.6. The molecule has 31 heavy (non-hydrogen) atoms. The van der Waals surface area contributed by atoms with Crippen LogP contribution in [0, 0.1) is 0 Å². The fraction of sp³-hybridized carbons (Fsp3) is 0.250. The average Bonchev–Trinajstić information content (AvgIpc) is 3.45. The van der Waals surface area contributed by atoms with Gasteiger partial charge < -0.3 is 4.98 Å². The Bertz CT molecular complexity index is 1500. The largest absolute Gasteiger partial charge is 0.341 e. The maximum Gasteiger partial charge on any atom is 0.243 e. The lowest BCUT2D eigenvalue weighted by molar-refractivity contribution is 0.445. The Hall–Kier alpha value is -2.47. The number of benzene rings is 2. The molecule has 8 nitrogen and oxygen atoms in total. The summed E-state index contributed by atoms with van der Waals surface area (Å²) >= 11 is 3.15. The van der Waals surface area contributed by atoms with Crippen molar-refractivity contribution in [1.82, 2.24) is 28.9 Å². The van der Waals surface area contributed by atoms with E-state index in [-0.39, 0.29) is 4.90 Å². The van der Waals surface area contributed by atoms with Gasteiger partial charge in [0, 0.05) is 13.1 Å². The summed E-state index contributed by atoms with van der Waals surface area (Å²) in [5.41, 5.74) is 2.53. The average molecular weight is 473 g/mol. The van der Waals surface area contributed by atoms with Gasteiger partial charge in [-0.3, -0.25) is 4.40 Å². The second-order valence-electron chi connectivity index (χ2n) is 6.91. The Morgan fingerprint density at radius 2 is 1.94 bits per heavy atom. The molecule has 0 aliphatic rings. The maximum absolute atomic E-state index is 12.8. The van der Waals surface area contributed by atoms with Crippen molar-refractivity contribution in [2.75, 3.05) is 13.1 Å². The smallest absolute Gasteiger partial charge is 0.243 e. The van der Waals surface area contributed by atoms with Crippen molar-refractivity contribution >= 4 is 59.3 Å². The van der Waals surface area contributed by atoms with Gasteiger partial charge in [0.25, 0.3) is 0 Å². The lowest BCUT2D eigenvalue weighted by Gasteiger charge is -2.18. The minimum atomic E-state index is -3.51. The summed E-state index contributed by atoms with van der Waals surface area (Å²) in [6.45, 7) is 4.55. The van der Waals surface area contributed by atoms with E-state index >= 15 is 0 Å². The zero-order valence-electron chi connectivity index (χ0n) is 16.9. The van der Waals surface area contributed by atoms with Gasteiger partial charge in [0.2, 0.25) is 15.0 Å². The molecule has 3 aromatic heterocycles. The van der Waals surface area contributed by atoms with Gasteiger partial charge in [-0.1, -0.05) is 49.1 Å². The highest BCUT2D eigenvalue weighted by Crippen LogP contribution is 2.31. The molecule has 3 heterocycles. The van der Waals surface area contributed by atoms with Crippen molar-refractivity contribution in [1.29, 1.82) is 0 Å². The third-order valence-corrected chi connectivity index (χ3v) is 9.09. The number of hydrogen-bond acceptors (Lipinski definition) is 7. The van der Waals surface area contributed by atoms with Gasteiger partial charge in [0.05, 0.1) is 31.9 Å². The maximum atomic E-state index is 12.8. The second kappa shape index (κ2) is 7.90. The molecular weight excluding hydrogens is 452 g/mol. The monoisotopic (exact) mass is 472 g/mol. The Morgan fingerprint density at radius 3 is 2.74 bits per heavy atom. The van der Waals surface area contributed by atoms with Gasteiger partial charge in [-0.25, -0.2) is 13.4 Å². The van der Waals surface area contributed by atoms with E-state index in [2.05, 4.69) is 36.7 Å². The SMILES string of the molecule is CCN(CC)S(=O)(=O)c1ccc2nc(CSc3nnc4sc5ccccc5n34)[nH]c2c1. The number of thiazole rings is 1. The molecule has 11 heteroatoms. The molecule has 0 aliphatic heterocycles. The number of H-pyrrole nitrogens is 1. The number of nitrogens with one attached hydrogen (secondary N) is 1. The van der Waals surface area contributed by atoms with Crippen LogP contribution in [0.3, 0.4) is 0 Å². The molecule has 0 saturated carbocycles. The first-order valence-electron chi connectivity index (χ1n) is 9.85. The fourth-order valence-electron chi connectivity index (χ4n) is 3.56. The Balaban J connectivity index is 1.42. The van der Waals surface area contributed by atoms with E-state index in [1.54, 1.807) is 41.3 Å². The van der Waals surface area contributed by atoms with Crippen LogP contribution in [0.1, 0.15) is 19.7 Å². The Morgan fingerprint density at radius 1 is 1.13 bits per heavy atom. The van der Waals surface area contributed by atoms with Gasteiger partial charge in [-0.15, -0.1) is 10.2 Å². The van der Waals surface area contributed by atoms with Gasteiger partial charge >= 0.3 is 0 Å². The van der Waals surface area contributed by atoms with E-state index in [1.165, 1.54) is 9.01 Å². The lowest BCUT2D eigenvalue weighted by atomic mass is 10.3. The summed E-state index contributed by atoms with van der Waals surface area (Å²) in [6.07, 6.45) is 0. The molecule has 0 unspecified atom stereocenters. The summed E-state index contributed by atoms with van der Waals surface area (Å²) in [5.74, 6) is 1.33. The number of sulfonamides is 1. The number of fused-ring (bicyclic) bond motifs is 4. The van der Waals surface area contributed by atoms with Crippen LogP contribution < -0.4 is 0 Å². The van der Waals surface area contributed by atoms with Crippen molar-refractivity contribution in [3.63, 3.8) is 0 Å². The van der Waals surface area contributed by atoms with Crippen molar-refractivity contribution in [3.8, 4) is 0 Å². The van der Waals surface area contributed by atoms with Gasteiger partial charge in [-0.05, 0) is 30.3 Å². The van der Waals surface area contributed by atoms with Crippen LogP contribution >= 0.6 is 23.1 Å². The first kappa shape index (κ1) is 20.4. The minimum Gasteiger partial charge on any atom is -0.341 e. The molecule has 0 radical (unpaired) electrons. The topological polar surface area (TPSA) is 96.2 Å². The summed E-state index contributed by atoms with van der Waals surface area (Å²) in [6, 6.07) is 13.2. The molecule has 0 amide bonds. The molecule has 160 valence electrons. The zero-order chi connectivity index (χ0) is 21.6. The number of aromatic amines is 1. The number of aromatic nitrogens is 5. The molecule has 2 aromatic carbocycles. The molecule has 0 bridgehead atoms. The molecule has 0 fully saturated rings. The predicted molar refractivity (Wildman–Crippen MR) is 124 cm³/mol. The lowest BCUT2D eigenvalue weighted by Crippen LogP contribution is -2.30. The van der Waals surface area contributed by atoms with Crippen LogP contribution in [-0.4, -0.2) is 50.4 Å². The first-order chi connectivity index (χ1) is 15.0. The second-order valence-corrected chi connectivity index (χ2v) is 10.8. The minimum absolute atomic E-state index is 0.274. The number of hydrogen-bond donors (Lipinski definition) is 1. The molecule has 5 aromatic rings. The van der Waals surface area contributed by atoms with E-state index in [0.29, 0.717) is 24.4 Å². The number of rotatable bonds is 7. The summed E-state index contributed by atoms with van der Waals surface area (Å²) in [4.78, 5) is 9.00. The Labute approximate surface area is 187 Å². The number of nitrogens with zero attached hydrogens (tertiary/aromatic N) is 5. The summed E-state index contributed by atoms with van der Waals surface area (Å²) in [7, 11) is -3.51. The quantitative estimate of drug-likeness (QED) is 0.358. The van der Waals surface area contributed by atoms with Gasteiger partial charge in [-0.2, -0.15) is 4.31 Å². The third-order valence-electron chi connectivity index (χ3n) is 5.09. The van der Waals surface area contributed by atoms with E-state index in [4.69, 9.17) is 0 Å². The van der Waals surface area contributed by atoms with Crippen molar-refractivity contribution in [2.24, 2.45) is 0 Å². The standard InChI is InChI=1S/C20H20N6O2S3/c1-3-25(4-2)31(27,28)13-9-10-14-15(11-13)22-18(21-14)12-29-19-23-24-20-26(19)16-7-5-6-8-17(16)30-20/h5-11H,3-4,12H2,1-2H3,(H,21,22). The molecule has 5 rings (SSSR count). The van der Waals surface area contributed by atoms with Crippen molar-refractivity contribution < 1.29 is 8.42 Å². The predicted octanol–water partition coefficient (Wildman–Crippen LogP) is 4.14. The van der Waals surface area contributed by atoms with Crippen LogP contribution in [0.2, 0.25) is 0 Å². The molecule has 0 saturated heterocycles. The molecular formula is C20H20N6O2S3. The van der Waals surface area contributed by atoms with E-state index in [9.17, 15) is 8.42 Å². The highest BCUT2D eigenvalue weighted by molar-refractivity contribution is 7.98. The molecule has 0 aliphatic carbocycles. The zero-order valence-corrected chi connectivity index (χ0v) is 19.4. The third kappa shape index (κ3) is 3.51. The number of thioether (sulfide) groups is 1. The number of para-hydroxylation sites is 1. The highest BCUT2D eigenvalue weighted by Gasteiger charge is 2.22. The molecule has 0 spiro atoms. The summed E-state index contributed by atoms with van der Waals surface area (Å²) < 4.78 is 30.3. The van der Waals surface area contributed by atoms with Gasteiger partial charge in [0.15, 0.2) is 5.16 Å². The fourth-order valence-corrected chi connectivity index (χ4v) is 6.89. The Kier molecular flexibility index (Phi) is 5.21. The van der Waals surface area contributed by atoms with Crippen molar-refractivity contribution in [3.05, 3.63) is 48.3 Å². The van der Waals surface area contributed by atoms with Crippen LogP contribution in [0.5, 0.6) is 0 Å².